The highest BCUT2D eigenvalue weighted by atomic mass is 16.3. The largest absolute Gasteiger partial charge is 0.378 e. The van der Waals surface area contributed by atoms with Gasteiger partial charge in [-0.15, -0.1) is 0 Å². The molecule has 2 N–H and O–H groups in total. The van der Waals surface area contributed by atoms with Crippen LogP contribution in [0.2, 0.25) is 0 Å². The average molecular weight is 269 g/mol. The number of aliphatic hydroxyl groups excluding tert-OH is 1. The van der Waals surface area contributed by atoms with Gasteiger partial charge in [-0.1, -0.05) is 61.5 Å². The summed E-state index contributed by atoms with van der Waals surface area (Å²) < 4.78 is 0. The first-order chi connectivity index (χ1) is 9.72. The van der Waals surface area contributed by atoms with E-state index in [1.54, 1.807) is 24.3 Å². The number of hydrogen-bond acceptors (Lipinski definition) is 2. The third kappa shape index (κ3) is 3.45. The number of carbonyl (C=O) groups excluding carboxylic acids is 1. The molecule has 3 nitrogen and oxygen atoms in total. The minimum Gasteiger partial charge on any atom is -0.378 e. The molecular formula is C17H19NO2. The van der Waals surface area contributed by atoms with E-state index >= 15 is 0 Å². The van der Waals surface area contributed by atoms with Gasteiger partial charge in [0.05, 0.1) is 0 Å². The van der Waals surface area contributed by atoms with E-state index in [2.05, 4.69) is 18.3 Å². The zero-order valence-corrected chi connectivity index (χ0v) is 11.5. The summed E-state index contributed by atoms with van der Waals surface area (Å²) in [7, 11) is 0. The highest BCUT2D eigenvalue weighted by Crippen LogP contribution is 2.13. The minimum atomic E-state index is -1.12. The normalized spacial score (nSPS) is 11.9. The molecule has 0 aliphatic heterocycles. The van der Waals surface area contributed by atoms with Crippen LogP contribution in [0, 0.1) is 0 Å². The Hall–Kier alpha value is -2.13. The van der Waals surface area contributed by atoms with E-state index in [4.69, 9.17) is 0 Å². The zero-order chi connectivity index (χ0) is 14.4. The van der Waals surface area contributed by atoms with E-state index in [1.165, 1.54) is 5.56 Å². The summed E-state index contributed by atoms with van der Waals surface area (Å²) in [5.74, 6) is -0.373. The molecule has 0 fully saturated rings. The molecule has 1 atom stereocenters. The van der Waals surface area contributed by atoms with Crippen LogP contribution < -0.4 is 5.32 Å². The Balaban J connectivity index is 1.99. The van der Waals surface area contributed by atoms with E-state index in [1.807, 2.05) is 24.3 Å². The van der Waals surface area contributed by atoms with Crippen molar-refractivity contribution in [3.05, 3.63) is 71.3 Å². The lowest BCUT2D eigenvalue weighted by atomic mass is 10.0. The summed E-state index contributed by atoms with van der Waals surface area (Å²) in [5.41, 5.74) is 2.90. The van der Waals surface area contributed by atoms with Gasteiger partial charge in [-0.25, -0.2) is 0 Å². The van der Waals surface area contributed by atoms with Gasteiger partial charge in [0, 0.05) is 6.54 Å². The molecule has 1 amide bonds. The topological polar surface area (TPSA) is 49.3 Å². The number of aliphatic hydroxyl groups is 1. The van der Waals surface area contributed by atoms with E-state index in [9.17, 15) is 9.90 Å². The Labute approximate surface area is 119 Å². The van der Waals surface area contributed by atoms with Crippen molar-refractivity contribution in [1.82, 2.24) is 5.32 Å². The molecule has 0 saturated heterocycles. The third-order valence-electron chi connectivity index (χ3n) is 3.32. The molecule has 0 aliphatic rings. The third-order valence-corrected chi connectivity index (χ3v) is 3.32. The number of benzene rings is 2. The summed E-state index contributed by atoms with van der Waals surface area (Å²) in [6, 6.07) is 16.9. The van der Waals surface area contributed by atoms with E-state index in [0.29, 0.717) is 12.1 Å². The highest BCUT2D eigenvalue weighted by Gasteiger charge is 2.16. The van der Waals surface area contributed by atoms with Crippen molar-refractivity contribution in [3.8, 4) is 0 Å². The molecule has 0 radical (unpaired) electrons. The average Bonchev–Trinajstić information content (AvgIpc) is 2.53. The van der Waals surface area contributed by atoms with Gasteiger partial charge in [-0.05, 0) is 23.1 Å². The van der Waals surface area contributed by atoms with Crippen LogP contribution in [0.3, 0.4) is 0 Å². The summed E-state index contributed by atoms with van der Waals surface area (Å²) in [6.45, 7) is 2.52. The number of amides is 1. The molecular weight excluding hydrogens is 250 g/mol. The van der Waals surface area contributed by atoms with Crippen LogP contribution in [0.1, 0.15) is 29.7 Å². The Morgan fingerprint density at radius 2 is 1.65 bits per heavy atom. The molecule has 2 aromatic carbocycles. The van der Waals surface area contributed by atoms with Crippen LogP contribution in [-0.4, -0.2) is 11.0 Å². The van der Waals surface area contributed by atoms with Crippen molar-refractivity contribution in [3.63, 3.8) is 0 Å². The first kappa shape index (κ1) is 14.3. The maximum atomic E-state index is 12.0. The quantitative estimate of drug-likeness (QED) is 0.876. The summed E-state index contributed by atoms with van der Waals surface area (Å²) >= 11 is 0. The lowest BCUT2D eigenvalue weighted by Gasteiger charge is -2.13. The lowest BCUT2D eigenvalue weighted by molar-refractivity contribution is -0.129. The van der Waals surface area contributed by atoms with Gasteiger partial charge >= 0.3 is 0 Å². The minimum absolute atomic E-state index is 0.373. The lowest BCUT2D eigenvalue weighted by Crippen LogP contribution is -2.29. The molecule has 0 saturated carbocycles. The molecule has 0 spiro atoms. The molecule has 20 heavy (non-hydrogen) atoms. The fourth-order valence-electron chi connectivity index (χ4n) is 2.14. The second-order valence-electron chi connectivity index (χ2n) is 4.65. The highest BCUT2D eigenvalue weighted by molar-refractivity contribution is 5.81. The van der Waals surface area contributed by atoms with Crippen LogP contribution in [-0.2, 0) is 17.8 Å². The van der Waals surface area contributed by atoms with E-state index in [-0.39, 0.29) is 5.91 Å². The second kappa shape index (κ2) is 6.87. The number of rotatable bonds is 5. The Morgan fingerprint density at radius 1 is 1.05 bits per heavy atom. The Morgan fingerprint density at radius 3 is 2.30 bits per heavy atom. The van der Waals surface area contributed by atoms with Gasteiger partial charge in [0.2, 0.25) is 0 Å². The number of hydrogen-bond donors (Lipinski definition) is 2. The van der Waals surface area contributed by atoms with E-state index in [0.717, 1.165) is 12.0 Å². The van der Waals surface area contributed by atoms with Crippen LogP contribution in [0.5, 0.6) is 0 Å². The van der Waals surface area contributed by atoms with E-state index < -0.39 is 6.10 Å². The molecule has 3 heteroatoms. The van der Waals surface area contributed by atoms with Gasteiger partial charge in [0.1, 0.15) is 0 Å². The van der Waals surface area contributed by atoms with Gasteiger partial charge in [-0.3, -0.25) is 4.79 Å². The summed E-state index contributed by atoms with van der Waals surface area (Å²) in [5, 5.41) is 12.8. The predicted molar refractivity (Wildman–Crippen MR) is 79.1 cm³/mol. The SMILES string of the molecule is CCc1ccccc1CNC(=O)C(O)c1ccccc1. The molecule has 104 valence electrons. The zero-order valence-electron chi connectivity index (χ0n) is 11.5. The molecule has 1 unspecified atom stereocenters. The maximum Gasteiger partial charge on any atom is 0.253 e. The van der Waals surface area contributed by atoms with Crippen molar-refractivity contribution >= 4 is 5.91 Å². The van der Waals surface area contributed by atoms with Gasteiger partial charge in [-0.2, -0.15) is 0 Å². The Kier molecular flexibility index (Phi) is 4.91. The van der Waals surface area contributed by atoms with Gasteiger partial charge < -0.3 is 10.4 Å². The second-order valence-corrected chi connectivity index (χ2v) is 4.65. The molecule has 2 rings (SSSR count). The van der Waals surface area contributed by atoms with Crippen molar-refractivity contribution < 1.29 is 9.90 Å². The molecule has 0 bridgehead atoms. The smallest absolute Gasteiger partial charge is 0.253 e. The number of carbonyl (C=O) groups is 1. The molecule has 0 aromatic heterocycles. The number of nitrogens with one attached hydrogen (secondary N) is 1. The standard InChI is InChI=1S/C17H19NO2/c1-2-13-8-6-7-11-15(13)12-18-17(20)16(19)14-9-4-3-5-10-14/h3-11,16,19H,2,12H2,1H3,(H,18,20). The fraction of sp³-hybridized carbons (Fsp3) is 0.235. The number of aryl methyl sites for hydroxylation is 1. The molecule has 2 aromatic rings. The Bertz CT molecular complexity index is 566. The van der Waals surface area contributed by atoms with Crippen LogP contribution in [0.15, 0.2) is 54.6 Å². The fourth-order valence-corrected chi connectivity index (χ4v) is 2.14. The molecule has 0 heterocycles. The first-order valence-electron chi connectivity index (χ1n) is 6.80. The van der Waals surface area contributed by atoms with Gasteiger partial charge in [0.25, 0.3) is 5.91 Å². The van der Waals surface area contributed by atoms with Crippen LogP contribution in [0.4, 0.5) is 0 Å². The van der Waals surface area contributed by atoms with Crippen molar-refractivity contribution in [2.75, 3.05) is 0 Å². The monoisotopic (exact) mass is 269 g/mol. The van der Waals surface area contributed by atoms with Crippen LogP contribution in [0.25, 0.3) is 0 Å². The predicted octanol–water partition coefficient (Wildman–Crippen LogP) is 2.60. The van der Waals surface area contributed by atoms with Gasteiger partial charge in [0.15, 0.2) is 6.10 Å². The van der Waals surface area contributed by atoms with Crippen molar-refractivity contribution in [2.24, 2.45) is 0 Å². The molecule has 0 aliphatic carbocycles. The summed E-state index contributed by atoms with van der Waals surface area (Å²) in [4.78, 5) is 12.0. The first-order valence-corrected chi connectivity index (χ1v) is 6.80. The van der Waals surface area contributed by atoms with Crippen molar-refractivity contribution in [1.29, 1.82) is 0 Å². The summed E-state index contributed by atoms with van der Waals surface area (Å²) in [6.07, 6.45) is -0.196. The van der Waals surface area contributed by atoms with Crippen molar-refractivity contribution in [2.45, 2.75) is 26.0 Å². The van der Waals surface area contributed by atoms with Crippen LogP contribution >= 0.6 is 0 Å². The maximum absolute atomic E-state index is 12.0.